The predicted molar refractivity (Wildman–Crippen MR) is 123 cm³/mol. The van der Waals surface area contributed by atoms with Crippen LogP contribution in [0.15, 0.2) is 59.5 Å². The molecule has 0 fully saturated rings. The van der Waals surface area contributed by atoms with E-state index < -0.39 is 40.5 Å². The van der Waals surface area contributed by atoms with Crippen LogP contribution in [0.5, 0.6) is 0 Å². The Morgan fingerprint density at radius 3 is 2.03 bits per heavy atom. The van der Waals surface area contributed by atoms with Crippen molar-refractivity contribution in [1.29, 1.82) is 0 Å². The van der Waals surface area contributed by atoms with Crippen molar-refractivity contribution in [3.05, 3.63) is 65.7 Å². The van der Waals surface area contributed by atoms with E-state index in [4.69, 9.17) is 4.74 Å². The Bertz CT molecular complexity index is 1070. The summed E-state index contributed by atoms with van der Waals surface area (Å²) in [4.78, 5) is 38.6. The molecule has 0 heterocycles. The Morgan fingerprint density at radius 2 is 1.52 bits per heavy atom. The van der Waals surface area contributed by atoms with Crippen LogP contribution in [-0.4, -0.2) is 69.1 Å². The second-order valence-electron chi connectivity index (χ2n) is 7.31. The molecule has 2 amide bonds. The molecular weight excluding hydrogens is 446 g/mol. The number of nitrogens with zero attached hydrogens (tertiary/aromatic N) is 2. The molecule has 178 valence electrons. The van der Waals surface area contributed by atoms with Gasteiger partial charge in [-0.2, -0.15) is 4.31 Å². The summed E-state index contributed by atoms with van der Waals surface area (Å²) in [6.45, 7) is 3.71. The summed E-state index contributed by atoms with van der Waals surface area (Å²) in [6.07, 6.45) is -1.13. The van der Waals surface area contributed by atoms with E-state index in [1.54, 1.807) is 58.3 Å². The van der Waals surface area contributed by atoms with Gasteiger partial charge in [-0.05, 0) is 24.3 Å². The van der Waals surface area contributed by atoms with Crippen LogP contribution in [0.3, 0.4) is 0 Å². The zero-order valence-electron chi connectivity index (χ0n) is 19.1. The average molecular weight is 476 g/mol. The maximum absolute atomic E-state index is 12.5. The molecule has 0 aliphatic heterocycles. The lowest BCUT2D eigenvalue weighted by molar-refractivity contribution is -0.158. The van der Waals surface area contributed by atoms with Crippen LogP contribution in [0.4, 0.5) is 0 Å². The Balaban J connectivity index is 2.03. The van der Waals surface area contributed by atoms with Crippen molar-refractivity contribution in [2.45, 2.75) is 24.8 Å². The minimum atomic E-state index is -3.63. The quantitative estimate of drug-likeness (QED) is 0.525. The summed E-state index contributed by atoms with van der Waals surface area (Å²) in [5.74, 6) is -1.77. The third-order valence-corrected chi connectivity index (χ3v) is 6.93. The molecule has 2 rings (SSSR count). The second kappa shape index (κ2) is 11.6. The average Bonchev–Trinajstić information content (AvgIpc) is 2.81. The van der Waals surface area contributed by atoms with E-state index in [9.17, 15) is 22.8 Å². The zero-order chi connectivity index (χ0) is 24.6. The van der Waals surface area contributed by atoms with Crippen molar-refractivity contribution >= 4 is 27.8 Å². The van der Waals surface area contributed by atoms with Crippen molar-refractivity contribution in [2.24, 2.45) is 0 Å². The number of benzene rings is 2. The highest BCUT2D eigenvalue weighted by atomic mass is 32.2. The van der Waals surface area contributed by atoms with Crippen LogP contribution in [0.25, 0.3) is 0 Å². The van der Waals surface area contributed by atoms with Gasteiger partial charge in [-0.15, -0.1) is 0 Å². The van der Waals surface area contributed by atoms with E-state index in [-0.39, 0.29) is 10.5 Å². The van der Waals surface area contributed by atoms with E-state index >= 15 is 0 Å². The largest absolute Gasteiger partial charge is 0.446 e. The number of sulfonamides is 1. The van der Waals surface area contributed by atoms with Crippen molar-refractivity contribution in [2.75, 3.05) is 33.7 Å². The van der Waals surface area contributed by atoms with Gasteiger partial charge in [0.05, 0.1) is 4.90 Å². The molecule has 0 saturated carbocycles. The molecule has 1 unspecified atom stereocenters. The van der Waals surface area contributed by atoms with Crippen LogP contribution in [0.1, 0.15) is 35.9 Å². The number of likely N-dealkylation sites (N-methyl/N-ethyl adjacent to an activating group) is 1. The van der Waals surface area contributed by atoms with Gasteiger partial charge in [0.25, 0.3) is 11.8 Å². The molecule has 10 heteroatoms. The van der Waals surface area contributed by atoms with Crippen LogP contribution in [0.2, 0.25) is 0 Å². The first kappa shape index (κ1) is 26.0. The van der Waals surface area contributed by atoms with Crippen LogP contribution < -0.4 is 5.32 Å². The van der Waals surface area contributed by atoms with Crippen molar-refractivity contribution < 1.29 is 27.5 Å². The number of hydrogen-bond acceptors (Lipinski definition) is 6. The summed E-state index contributed by atoms with van der Waals surface area (Å²) in [7, 11) is -0.526. The lowest BCUT2D eigenvalue weighted by Crippen LogP contribution is -2.35. The summed E-state index contributed by atoms with van der Waals surface area (Å²) in [5.41, 5.74) is 0.700. The highest BCUT2D eigenvalue weighted by Crippen LogP contribution is 2.20. The highest BCUT2D eigenvalue weighted by Gasteiger charge is 2.27. The number of rotatable bonds is 10. The molecule has 9 nitrogen and oxygen atoms in total. The van der Waals surface area contributed by atoms with Gasteiger partial charge in [0.1, 0.15) is 6.54 Å². The summed E-state index contributed by atoms with van der Waals surface area (Å²) in [6, 6.07) is 14.0. The molecular formula is C23H29N3O6S. The first-order chi connectivity index (χ1) is 15.6. The van der Waals surface area contributed by atoms with Gasteiger partial charge in [0, 0.05) is 38.3 Å². The number of nitrogens with one attached hydrogen (secondary N) is 1. The molecule has 2 aromatic rings. The smallest absolute Gasteiger partial charge is 0.326 e. The van der Waals surface area contributed by atoms with E-state index in [1.807, 2.05) is 0 Å². The number of hydrogen-bond donors (Lipinski definition) is 1. The number of ether oxygens (including phenoxy) is 1. The molecule has 0 aliphatic rings. The molecule has 1 atom stereocenters. The summed E-state index contributed by atoms with van der Waals surface area (Å²) in [5, 5.41) is 2.43. The number of carbonyl (C=O) groups is 3. The van der Waals surface area contributed by atoms with Gasteiger partial charge in [-0.25, -0.2) is 8.42 Å². The van der Waals surface area contributed by atoms with Gasteiger partial charge in [-0.1, -0.05) is 44.2 Å². The SMILES string of the molecule is CCN(CC)S(=O)(=O)c1ccc(C(=O)NCC(=O)OC(C(=O)N(C)C)c2ccccc2)cc1. The van der Waals surface area contributed by atoms with Gasteiger partial charge in [-0.3, -0.25) is 14.4 Å². The Morgan fingerprint density at radius 1 is 0.939 bits per heavy atom. The summed E-state index contributed by atoms with van der Waals surface area (Å²) >= 11 is 0. The van der Waals surface area contributed by atoms with E-state index in [2.05, 4.69) is 5.32 Å². The lowest BCUT2D eigenvalue weighted by atomic mass is 10.1. The normalized spacial score (nSPS) is 12.2. The maximum atomic E-state index is 12.5. The van der Waals surface area contributed by atoms with Gasteiger partial charge in [0.2, 0.25) is 16.1 Å². The fraction of sp³-hybridized carbons (Fsp3) is 0.348. The minimum Gasteiger partial charge on any atom is -0.446 e. The second-order valence-corrected chi connectivity index (χ2v) is 9.25. The molecule has 2 aromatic carbocycles. The van der Waals surface area contributed by atoms with E-state index in [0.717, 1.165) is 0 Å². The molecule has 0 radical (unpaired) electrons. The van der Waals surface area contributed by atoms with Gasteiger partial charge >= 0.3 is 5.97 Å². The molecule has 0 spiro atoms. The van der Waals surface area contributed by atoms with Crippen molar-refractivity contribution in [1.82, 2.24) is 14.5 Å². The Kier molecular flexibility index (Phi) is 9.12. The molecule has 0 bridgehead atoms. The third kappa shape index (κ3) is 6.62. The number of carbonyl (C=O) groups excluding carboxylic acids is 3. The molecule has 33 heavy (non-hydrogen) atoms. The lowest BCUT2D eigenvalue weighted by Gasteiger charge is -2.21. The first-order valence-corrected chi connectivity index (χ1v) is 11.9. The Labute approximate surface area is 194 Å². The fourth-order valence-electron chi connectivity index (χ4n) is 3.04. The topological polar surface area (TPSA) is 113 Å². The van der Waals surface area contributed by atoms with E-state index in [0.29, 0.717) is 18.7 Å². The zero-order valence-corrected chi connectivity index (χ0v) is 20.0. The van der Waals surface area contributed by atoms with Crippen molar-refractivity contribution in [3.8, 4) is 0 Å². The molecule has 0 saturated heterocycles. The highest BCUT2D eigenvalue weighted by molar-refractivity contribution is 7.89. The number of esters is 1. The summed E-state index contributed by atoms with van der Waals surface area (Å²) < 4.78 is 31.7. The fourth-order valence-corrected chi connectivity index (χ4v) is 4.50. The Hall–Kier alpha value is -3.24. The van der Waals surface area contributed by atoms with Crippen molar-refractivity contribution in [3.63, 3.8) is 0 Å². The standard InChI is InChI=1S/C23H29N3O6S/c1-5-26(6-2)33(30,31)19-14-12-18(13-15-19)22(28)24-16-20(27)32-21(23(29)25(3)4)17-10-8-7-9-11-17/h7-15,21H,5-6,16H2,1-4H3,(H,24,28). The maximum Gasteiger partial charge on any atom is 0.326 e. The molecule has 0 aromatic heterocycles. The first-order valence-electron chi connectivity index (χ1n) is 10.5. The monoisotopic (exact) mass is 475 g/mol. The van der Waals surface area contributed by atoms with Crippen LogP contribution in [0, 0.1) is 0 Å². The third-order valence-electron chi connectivity index (χ3n) is 4.87. The van der Waals surface area contributed by atoms with Gasteiger partial charge < -0.3 is 15.0 Å². The minimum absolute atomic E-state index is 0.0788. The van der Waals surface area contributed by atoms with Gasteiger partial charge in [0.15, 0.2) is 0 Å². The van der Waals surface area contributed by atoms with Crippen LogP contribution >= 0.6 is 0 Å². The number of amides is 2. The molecule has 1 N–H and O–H groups in total. The van der Waals surface area contributed by atoms with Crippen LogP contribution in [-0.2, 0) is 24.3 Å². The predicted octanol–water partition coefficient (Wildman–Crippen LogP) is 1.82. The molecule has 0 aliphatic carbocycles. The van der Waals surface area contributed by atoms with E-state index in [1.165, 1.54) is 33.5 Å².